The molecule has 0 amide bonds. The van der Waals surface area contributed by atoms with E-state index in [1.807, 2.05) is 24.3 Å². The predicted octanol–water partition coefficient (Wildman–Crippen LogP) is 2.84. The Bertz CT molecular complexity index is 643. The average molecular weight is 271 g/mol. The van der Waals surface area contributed by atoms with E-state index in [2.05, 4.69) is 36.0 Å². The predicted molar refractivity (Wildman–Crippen MR) is 75.7 cm³/mol. The van der Waals surface area contributed by atoms with Gasteiger partial charge in [0.05, 0.1) is 5.69 Å². The Hall–Kier alpha value is -2.30. The molecule has 0 unspecified atom stereocenters. The maximum Gasteiger partial charge on any atom is 0.358 e. The van der Waals surface area contributed by atoms with Gasteiger partial charge in [-0.25, -0.2) is 9.78 Å². The van der Waals surface area contributed by atoms with Gasteiger partial charge in [-0.3, -0.25) is 0 Å². The van der Waals surface area contributed by atoms with E-state index in [-0.39, 0.29) is 11.1 Å². The lowest BCUT2D eigenvalue weighted by Crippen LogP contribution is -2.11. The molecule has 0 aliphatic heterocycles. The summed E-state index contributed by atoms with van der Waals surface area (Å²) >= 11 is 0. The first kappa shape index (κ1) is 14.1. The third-order valence-corrected chi connectivity index (χ3v) is 3.07. The molecule has 0 saturated carbocycles. The van der Waals surface area contributed by atoms with Crippen LogP contribution in [0.3, 0.4) is 0 Å². The van der Waals surface area contributed by atoms with Crippen molar-refractivity contribution in [1.29, 1.82) is 0 Å². The Labute approximate surface area is 117 Å². The van der Waals surface area contributed by atoms with Crippen molar-refractivity contribution in [3.63, 3.8) is 0 Å². The number of nitrogens with zero attached hydrogens (tertiary/aromatic N) is 3. The third kappa shape index (κ3) is 2.82. The molecule has 20 heavy (non-hydrogen) atoms. The van der Waals surface area contributed by atoms with Gasteiger partial charge < -0.3 is 5.11 Å². The monoisotopic (exact) mass is 271 g/mol. The van der Waals surface area contributed by atoms with E-state index >= 15 is 0 Å². The lowest BCUT2D eigenvalue weighted by molar-refractivity contribution is 0.0687. The molecule has 0 aliphatic carbocycles. The molecule has 2 rings (SSSR count). The highest BCUT2D eigenvalue weighted by atomic mass is 16.4. The maximum absolute atomic E-state index is 10.9. The molecule has 1 N–H and O–H groups in total. The first-order valence-corrected chi connectivity index (χ1v) is 6.34. The molecular formula is C15H17N3O2. The third-order valence-electron chi connectivity index (χ3n) is 3.07. The Morgan fingerprint density at radius 2 is 1.70 bits per heavy atom. The van der Waals surface area contributed by atoms with E-state index in [9.17, 15) is 4.79 Å². The Morgan fingerprint density at radius 1 is 1.10 bits per heavy atom. The summed E-state index contributed by atoms with van der Waals surface area (Å²) in [4.78, 5) is 15.1. The second-order valence-electron chi connectivity index (χ2n) is 5.70. The van der Waals surface area contributed by atoms with E-state index in [4.69, 9.17) is 5.11 Å². The van der Waals surface area contributed by atoms with Gasteiger partial charge in [-0.2, -0.15) is 0 Å². The number of carboxylic acid groups (broad SMARTS) is 1. The summed E-state index contributed by atoms with van der Waals surface area (Å²) in [6, 6.07) is 7.91. The number of rotatable bonds is 2. The molecular weight excluding hydrogens is 254 g/mol. The van der Waals surface area contributed by atoms with Crippen molar-refractivity contribution in [2.45, 2.75) is 33.1 Å². The van der Waals surface area contributed by atoms with E-state index in [0.717, 1.165) is 5.56 Å². The lowest BCUT2D eigenvalue weighted by Gasteiger charge is -2.18. The van der Waals surface area contributed by atoms with Crippen molar-refractivity contribution in [1.82, 2.24) is 15.2 Å². The van der Waals surface area contributed by atoms with Gasteiger partial charge in [0.15, 0.2) is 11.5 Å². The van der Waals surface area contributed by atoms with Gasteiger partial charge >= 0.3 is 5.97 Å². The molecule has 0 radical (unpaired) electrons. The maximum atomic E-state index is 10.9. The number of aryl methyl sites for hydroxylation is 1. The summed E-state index contributed by atoms with van der Waals surface area (Å²) in [6.07, 6.45) is 0. The largest absolute Gasteiger partial charge is 0.476 e. The zero-order chi connectivity index (χ0) is 14.9. The minimum Gasteiger partial charge on any atom is -0.476 e. The lowest BCUT2D eigenvalue weighted by atomic mass is 9.87. The van der Waals surface area contributed by atoms with Gasteiger partial charge in [0.2, 0.25) is 0 Å². The fourth-order valence-corrected chi connectivity index (χ4v) is 1.84. The van der Waals surface area contributed by atoms with Gasteiger partial charge in [0, 0.05) is 5.56 Å². The second kappa shape index (κ2) is 5.00. The number of benzene rings is 1. The smallest absolute Gasteiger partial charge is 0.358 e. The van der Waals surface area contributed by atoms with Gasteiger partial charge in [0.25, 0.3) is 0 Å². The Kier molecular flexibility index (Phi) is 3.53. The molecule has 0 spiro atoms. The van der Waals surface area contributed by atoms with Crippen LogP contribution in [0.2, 0.25) is 0 Å². The first-order chi connectivity index (χ1) is 9.29. The number of hydrogen-bond donors (Lipinski definition) is 1. The number of aromatic carboxylic acids is 1. The van der Waals surface area contributed by atoms with E-state index in [1.54, 1.807) is 6.92 Å². The molecule has 0 bridgehead atoms. The molecule has 5 heteroatoms. The Balaban J connectivity index is 2.37. The van der Waals surface area contributed by atoms with Crippen molar-refractivity contribution >= 4 is 5.97 Å². The SMILES string of the molecule is Cc1nc(-c2ccc(C(C)(C)C)cc2)nnc1C(=O)O. The van der Waals surface area contributed by atoms with Crippen LogP contribution in [0.25, 0.3) is 11.4 Å². The summed E-state index contributed by atoms with van der Waals surface area (Å²) < 4.78 is 0. The highest BCUT2D eigenvalue weighted by molar-refractivity contribution is 5.86. The summed E-state index contributed by atoms with van der Waals surface area (Å²) in [7, 11) is 0. The average Bonchev–Trinajstić information content (AvgIpc) is 2.37. The summed E-state index contributed by atoms with van der Waals surface area (Å²) in [6.45, 7) is 8.05. The van der Waals surface area contributed by atoms with Crippen molar-refractivity contribution in [2.75, 3.05) is 0 Å². The van der Waals surface area contributed by atoms with Crippen LogP contribution in [-0.4, -0.2) is 26.3 Å². The van der Waals surface area contributed by atoms with E-state index in [0.29, 0.717) is 11.5 Å². The topological polar surface area (TPSA) is 76.0 Å². The highest BCUT2D eigenvalue weighted by Crippen LogP contribution is 2.24. The number of hydrogen-bond acceptors (Lipinski definition) is 4. The highest BCUT2D eigenvalue weighted by Gasteiger charge is 2.15. The van der Waals surface area contributed by atoms with Gasteiger partial charge in [-0.05, 0) is 17.9 Å². The zero-order valence-electron chi connectivity index (χ0n) is 12.0. The summed E-state index contributed by atoms with van der Waals surface area (Å²) in [5, 5.41) is 16.5. The van der Waals surface area contributed by atoms with Crippen LogP contribution < -0.4 is 0 Å². The normalized spacial score (nSPS) is 11.4. The van der Waals surface area contributed by atoms with Crippen LogP contribution in [0.4, 0.5) is 0 Å². The number of carboxylic acids is 1. The van der Waals surface area contributed by atoms with Crippen molar-refractivity contribution < 1.29 is 9.90 Å². The van der Waals surface area contributed by atoms with Crippen LogP contribution in [-0.2, 0) is 5.41 Å². The molecule has 2 aromatic rings. The standard InChI is InChI=1S/C15H17N3O2/c1-9-12(14(19)20)17-18-13(16-9)10-5-7-11(8-6-10)15(2,3)4/h5-8H,1-4H3,(H,19,20). The zero-order valence-corrected chi connectivity index (χ0v) is 12.0. The molecule has 1 aromatic carbocycles. The second-order valence-corrected chi connectivity index (χ2v) is 5.70. The minimum atomic E-state index is -1.11. The van der Waals surface area contributed by atoms with Gasteiger partial charge in [-0.1, -0.05) is 45.0 Å². The molecule has 0 saturated heterocycles. The fourth-order valence-electron chi connectivity index (χ4n) is 1.84. The van der Waals surface area contributed by atoms with Crippen LogP contribution in [0, 0.1) is 6.92 Å². The van der Waals surface area contributed by atoms with Crippen molar-refractivity contribution in [2.24, 2.45) is 0 Å². The molecule has 0 atom stereocenters. The van der Waals surface area contributed by atoms with Crippen LogP contribution in [0.15, 0.2) is 24.3 Å². The number of carbonyl (C=O) groups is 1. The van der Waals surface area contributed by atoms with Crippen LogP contribution in [0.5, 0.6) is 0 Å². The fraction of sp³-hybridized carbons (Fsp3) is 0.333. The Morgan fingerprint density at radius 3 is 2.15 bits per heavy atom. The van der Waals surface area contributed by atoms with E-state index < -0.39 is 5.97 Å². The molecule has 1 heterocycles. The van der Waals surface area contributed by atoms with Crippen molar-refractivity contribution in [3.05, 3.63) is 41.2 Å². The molecule has 0 fully saturated rings. The summed E-state index contributed by atoms with van der Waals surface area (Å²) in [5.41, 5.74) is 2.38. The molecule has 5 nitrogen and oxygen atoms in total. The van der Waals surface area contributed by atoms with Crippen LogP contribution >= 0.6 is 0 Å². The summed E-state index contributed by atoms with van der Waals surface area (Å²) in [5.74, 6) is -0.676. The molecule has 1 aromatic heterocycles. The van der Waals surface area contributed by atoms with Gasteiger partial charge in [0.1, 0.15) is 0 Å². The van der Waals surface area contributed by atoms with E-state index in [1.165, 1.54) is 5.56 Å². The molecule has 104 valence electrons. The van der Waals surface area contributed by atoms with Gasteiger partial charge in [-0.15, -0.1) is 10.2 Å². The minimum absolute atomic E-state index is 0.0840. The van der Waals surface area contributed by atoms with Crippen LogP contribution in [0.1, 0.15) is 42.5 Å². The van der Waals surface area contributed by atoms with Crippen molar-refractivity contribution in [3.8, 4) is 11.4 Å². The first-order valence-electron chi connectivity index (χ1n) is 6.34. The number of aromatic nitrogens is 3. The molecule has 0 aliphatic rings. The quantitative estimate of drug-likeness (QED) is 0.908.